The normalized spacial score (nSPS) is 14.5. The quantitative estimate of drug-likeness (QED) is 0.432. The van der Waals surface area contributed by atoms with Gasteiger partial charge in [0.2, 0.25) is 0 Å². The summed E-state index contributed by atoms with van der Waals surface area (Å²) in [5, 5.41) is 3.07. The number of hydrogen-bond acceptors (Lipinski definition) is 8. The predicted molar refractivity (Wildman–Crippen MR) is 131 cm³/mol. The van der Waals surface area contributed by atoms with E-state index in [9.17, 15) is 14.4 Å². The number of nitrogens with one attached hydrogen (secondary N) is 1. The Kier molecular flexibility index (Phi) is 7.06. The Morgan fingerprint density at radius 2 is 1.86 bits per heavy atom. The van der Waals surface area contributed by atoms with Gasteiger partial charge in [-0.1, -0.05) is 12.8 Å². The monoisotopic (exact) mass is 497 g/mol. The van der Waals surface area contributed by atoms with E-state index in [1.807, 2.05) is 0 Å². The molecular weight excluding hydrogens is 470 g/mol. The number of hydrogen-bond donors (Lipinski definition) is 3. The standard InChI is InChI=1S/C24H27N5O5S/c1-13-7-12-17(34-13)20(23(31)27-14-5-3-4-6-14)29(15-8-10-16(33-2)11-9-15)24(32)21-18(25)19(22(26)30)28-35-21/h7-12,14,20H,3-6,25H2,1-2H3,(H2,26,30)(H,27,31). The van der Waals surface area contributed by atoms with Gasteiger partial charge in [-0.25, -0.2) is 0 Å². The summed E-state index contributed by atoms with van der Waals surface area (Å²) >= 11 is 0.752. The number of amides is 3. The highest BCUT2D eigenvalue weighted by Crippen LogP contribution is 2.35. The molecule has 1 atom stereocenters. The van der Waals surface area contributed by atoms with E-state index in [1.165, 1.54) is 12.0 Å². The van der Waals surface area contributed by atoms with Crippen molar-refractivity contribution in [2.75, 3.05) is 17.7 Å². The van der Waals surface area contributed by atoms with E-state index in [-0.39, 0.29) is 28.2 Å². The number of methoxy groups -OCH3 is 1. The number of primary amides is 1. The zero-order chi connectivity index (χ0) is 25.1. The molecule has 3 amide bonds. The third kappa shape index (κ3) is 4.99. The summed E-state index contributed by atoms with van der Waals surface area (Å²) in [5.41, 5.74) is 11.5. The number of rotatable bonds is 8. The Morgan fingerprint density at radius 1 is 1.17 bits per heavy atom. The molecule has 35 heavy (non-hydrogen) atoms. The van der Waals surface area contributed by atoms with Gasteiger partial charge in [-0.05, 0) is 67.7 Å². The lowest BCUT2D eigenvalue weighted by atomic mass is 10.1. The van der Waals surface area contributed by atoms with Crippen molar-refractivity contribution in [2.45, 2.75) is 44.7 Å². The van der Waals surface area contributed by atoms with Gasteiger partial charge in [0.25, 0.3) is 17.7 Å². The topological polar surface area (TPSA) is 154 Å². The maximum Gasteiger partial charge on any atom is 0.273 e. The molecule has 1 fully saturated rings. The second-order valence-electron chi connectivity index (χ2n) is 8.35. The first-order chi connectivity index (χ1) is 16.8. The zero-order valence-corrected chi connectivity index (χ0v) is 20.3. The smallest absolute Gasteiger partial charge is 0.273 e. The van der Waals surface area contributed by atoms with Crippen LogP contribution in [0.3, 0.4) is 0 Å². The van der Waals surface area contributed by atoms with Crippen molar-refractivity contribution >= 4 is 40.6 Å². The van der Waals surface area contributed by atoms with E-state index in [1.54, 1.807) is 43.3 Å². The van der Waals surface area contributed by atoms with Crippen molar-refractivity contribution < 1.29 is 23.5 Å². The van der Waals surface area contributed by atoms with Gasteiger partial charge in [-0.15, -0.1) is 0 Å². The summed E-state index contributed by atoms with van der Waals surface area (Å²) in [4.78, 5) is 40.6. The van der Waals surface area contributed by atoms with E-state index >= 15 is 0 Å². The third-order valence-electron chi connectivity index (χ3n) is 5.96. The third-order valence-corrected chi connectivity index (χ3v) is 6.81. The van der Waals surface area contributed by atoms with Crippen LogP contribution in [-0.4, -0.2) is 35.2 Å². The number of nitrogens with zero attached hydrogens (tertiary/aromatic N) is 2. The van der Waals surface area contributed by atoms with Gasteiger partial charge in [0, 0.05) is 11.7 Å². The second-order valence-corrected chi connectivity index (χ2v) is 9.13. The van der Waals surface area contributed by atoms with E-state index in [0.29, 0.717) is 23.0 Å². The number of furan rings is 1. The van der Waals surface area contributed by atoms with Crippen molar-refractivity contribution in [3.63, 3.8) is 0 Å². The average Bonchev–Trinajstić information content (AvgIpc) is 3.59. The molecule has 5 N–H and O–H groups in total. The first-order valence-corrected chi connectivity index (χ1v) is 12.0. The van der Waals surface area contributed by atoms with Crippen LogP contribution in [-0.2, 0) is 4.79 Å². The molecule has 1 saturated carbocycles. The van der Waals surface area contributed by atoms with Crippen LogP contribution in [0.1, 0.15) is 63.4 Å². The van der Waals surface area contributed by atoms with Crippen molar-refractivity contribution in [3.8, 4) is 5.75 Å². The number of anilines is 2. The second kappa shape index (κ2) is 10.2. The van der Waals surface area contributed by atoms with Crippen LogP contribution < -0.4 is 26.4 Å². The molecule has 1 unspecified atom stereocenters. The molecular formula is C24H27N5O5S. The molecule has 3 aromatic rings. The largest absolute Gasteiger partial charge is 0.497 e. The Labute approximate surface area is 206 Å². The number of benzene rings is 1. The Bertz CT molecular complexity index is 1230. The summed E-state index contributed by atoms with van der Waals surface area (Å²) in [6.07, 6.45) is 3.81. The van der Waals surface area contributed by atoms with Gasteiger partial charge in [0.05, 0.1) is 12.8 Å². The van der Waals surface area contributed by atoms with Crippen LogP contribution in [0.5, 0.6) is 5.75 Å². The molecule has 0 saturated heterocycles. The van der Waals surface area contributed by atoms with Crippen LogP contribution in [0.2, 0.25) is 0 Å². The number of aryl methyl sites for hydroxylation is 1. The molecule has 1 aliphatic carbocycles. The van der Waals surface area contributed by atoms with Crippen molar-refractivity contribution in [1.29, 1.82) is 0 Å². The number of carbonyl (C=O) groups is 3. The molecule has 184 valence electrons. The molecule has 1 aliphatic rings. The van der Waals surface area contributed by atoms with Gasteiger partial charge in [-0.2, -0.15) is 4.37 Å². The highest BCUT2D eigenvalue weighted by molar-refractivity contribution is 7.09. The van der Waals surface area contributed by atoms with E-state index in [0.717, 1.165) is 37.2 Å². The summed E-state index contributed by atoms with van der Waals surface area (Å²) in [7, 11) is 1.53. The molecule has 1 aromatic carbocycles. The number of nitrogens with two attached hydrogens (primary N) is 2. The summed E-state index contributed by atoms with van der Waals surface area (Å²) < 4.78 is 15.0. The van der Waals surface area contributed by atoms with Gasteiger partial charge >= 0.3 is 0 Å². The molecule has 11 heteroatoms. The Morgan fingerprint density at radius 3 is 2.40 bits per heavy atom. The molecule has 2 aromatic heterocycles. The summed E-state index contributed by atoms with van der Waals surface area (Å²) in [6, 6.07) is 8.97. The summed E-state index contributed by atoms with van der Waals surface area (Å²) in [6.45, 7) is 1.76. The Hall–Kier alpha value is -3.86. The molecule has 2 heterocycles. The average molecular weight is 498 g/mol. The number of nitrogen functional groups attached to an aromatic ring is 1. The highest BCUT2D eigenvalue weighted by atomic mass is 32.1. The minimum Gasteiger partial charge on any atom is -0.497 e. The van der Waals surface area contributed by atoms with E-state index < -0.39 is 17.9 Å². The lowest BCUT2D eigenvalue weighted by Crippen LogP contribution is -2.46. The van der Waals surface area contributed by atoms with Crippen molar-refractivity contribution in [1.82, 2.24) is 9.69 Å². The maximum absolute atomic E-state index is 13.9. The SMILES string of the molecule is COc1ccc(N(C(=O)c2snc(C(N)=O)c2N)C(C(=O)NC2CCCC2)c2ccc(C)o2)cc1. The van der Waals surface area contributed by atoms with Crippen LogP contribution in [0.25, 0.3) is 0 Å². The fourth-order valence-corrected chi connectivity index (χ4v) is 4.93. The molecule has 0 spiro atoms. The fraction of sp³-hybridized carbons (Fsp3) is 0.333. The van der Waals surface area contributed by atoms with Crippen molar-refractivity contribution in [3.05, 3.63) is 58.5 Å². The minimum absolute atomic E-state index is 0.00318. The maximum atomic E-state index is 13.9. The number of ether oxygens (including phenoxy) is 1. The highest BCUT2D eigenvalue weighted by Gasteiger charge is 2.38. The van der Waals surface area contributed by atoms with E-state index in [2.05, 4.69) is 9.69 Å². The fourth-order valence-electron chi connectivity index (χ4n) is 4.19. The van der Waals surface area contributed by atoms with Crippen molar-refractivity contribution in [2.24, 2.45) is 5.73 Å². The van der Waals surface area contributed by atoms with Crippen LogP contribution in [0.15, 0.2) is 40.8 Å². The van der Waals surface area contributed by atoms with Gasteiger partial charge in [-0.3, -0.25) is 19.3 Å². The van der Waals surface area contributed by atoms with E-state index in [4.69, 9.17) is 20.6 Å². The van der Waals surface area contributed by atoms with Crippen LogP contribution >= 0.6 is 11.5 Å². The first-order valence-electron chi connectivity index (χ1n) is 11.2. The summed E-state index contributed by atoms with van der Waals surface area (Å²) in [5.74, 6) is -0.373. The van der Waals surface area contributed by atoms with Crippen LogP contribution in [0.4, 0.5) is 11.4 Å². The number of carbonyl (C=O) groups excluding carboxylic acids is 3. The Balaban J connectivity index is 1.83. The predicted octanol–water partition coefficient (Wildman–Crippen LogP) is 3.18. The van der Waals surface area contributed by atoms with Gasteiger partial charge in [0.15, 0.2) is 11.7 Å². The first kappa shape index (κ1) is 24.3. The lowest BCUT2D eigenvalue weighted by Gasteiger charge is -2.30. The molecule has 10 nitrogen and oxygen atoms in total. The molecule has 0 aliphatic heterocycles. The zero-order valence-electron chi connectivity index (χ0n) is 19.4. The van der Waals surface area contributed by atoms with Gasteiger partial charge in [0.1, 0.15) is 22.1 Å². The minimum atomic E-state index is -1.14. The molecule has 0 radical (unpaired) electrons. The molecule has 4 rings (SSSR count). The van der Waals surface area contributed by atoms with Gasteiger partial charge < -0.3 is 25.9 Å². The lowest BCUT2D eigenvalue weighted by molar-refractivity contribution is -0.123. The molecule has 0 bridgehead atoms. The number of aromatic nitrogens is 1. The van der Waals surface area contributed by atoms with Crippen LogP contribution in [0, 0.1) is 6.92 Å².